The second kappa shape index (κ2) is 8.87. The number of ether oxygens (including phenoxy) is 2. The summed E-state index contributed by atoms with van der Waals surface area (Å²) in [6.45, 7) is 2.96. The number of carbonyl (C=O) groups is 1. The van der Waals surface area contributed by atoms with E-state index >= 15 is 0 Å². The van der Waals surface area contributed by atoms with E-state index in [1.54, 1.807) is 4.90 Å². The van der Waals surface area contributed by atoms with Crippen LogP contribution in [0.2, 0.25) is 5.15 Å². The van der Waals surface area contributed by atoms with Gasteiger partial charge in [-0.25, -0.2) is 4.79 Å². The van der Waals surface area contributed by atoms with Crippen molar-refractivity contribution in [2.45, 2.75) is 38.5 Å². The highest BCUT2D eigenvalue weighted by atomic mass is 35.5. The first-order valence-corrected chi connectivity index (χ1v) is 10.3. The molecule has 0 atom stereocenters. The highest BCUT2D eigenvalue weighted by Gasteiger charge is 2.29. The van der Waals surface area contributed by atoms with Crippen molar-refractivity contribution in [2.24, 2.45) is 5.16 Å². The van der Waals surface area contributed by atoms with Gasteiger partial charge in [0.25, 0.3) is 5.88 Å². The van der Waals surface area contributed by atoms with Crippen molar-refractivity contribution >= 4 is 23.4 Å². The summed E-state index contributed by atoms with van der Waals surface area (Å²) in [4.78, 5) is 19.1. The molecule has 1 amide bonds. The van der Waals surface area contributed by atoms with Gasteiger partial charge < -0.3 is 19.2 Å². The van der Waals surface area contributed by atoms with Crippen LogP contribution < -0.4 is 9.47 Å². The molecule has 2 aromatic rings. The molecule has 158 valence electrons. The number of rotatable bonds is 5. The lowest BCUT2D eigenvalue weighted by molar-refractivity contribution is 0.149. The lowest BCUT2D eigenvalue weighted by Crippen LogP contribution is -2.40. The van der Waals surface area contributed by atoms with Gasteiger partial charge in [-0.15, -0.1) is 10.2 Å². The summed E-state index contributed by atoms with van der Waals surface area (Å²) < 4.78 is 11.7. The first kappa shape index (κ1) is 20.4. The van der Waals surface area contributed by atoms with Crippen molar-refractivity contribution in [1.29, 1.82) is 0 Å². The molecular formula is C21H23ClN4O4. The van der Waals surface area contributed by atoms with Gasteiger partial charge >= 0.3 is 6.09 Å². The average molecular weight is 431 g/mol. The van der Waals surface area contributed by atoms with Gasteiger partial charge in [-0.05, 0) is 36.8 Å². The lowest BCUT2D eigenvalue weighted by Gasteiger charge is -2.26. The summed E-state index contributed by atoms with van der Waals surface area (Å²) in [7, 11) is 1.51. The Morgan fingerprint density at radius 1 is 1.23 bits per heavy atom. The number of hydrogen-bond donors (Lipinski definition) is 0. The van der Waals surface area contributed by atoms with E-state index in [1.165, 1.54) is 13.2 Å². The molecule has 0 radical (unpaired) electrons. The monoisotopic (exact) mass is 430 g/mol. The molecule has 2 heterocycles. The van der Waals surface area contributed by atoms with Crippen molar-refractivity contribution in [2.75, 3.05) is 20.2 Å². The summed E-state index contributed by atoms with van der Waals surface area (Å²) in [6, 6.07) is 7.49. The third kappa shape index (κ3) is 4.64. The van der Waals surface area contributed by atoms with Gasteiger partial charge in [0.1, 0.15) is 12.9 Å². The number of benzene rings is 1. The van der Waals surface area contributed by atoms with E-state index in [-0.39, 0.29) is 16.8 Å². The molecule has 1 aliphatic heterocycles. The van der Waals surface area contributed by atoms with Gasteiger partial charge in [0.2, 0.25) is 0 Å². The van der Waals surface area contributed by atoms with Gasteiger partial charge in [-0.2, -0.15) is 0 Å². The summed E-state index contributed by atoms with van der Waals surface area (Å²) in [6.07, 6.45) is 3.05. The minimum Gasteiger partial charge on any atom is -0.434 e. The maximum Gasteiger partial charge on any atom is 0.415 e. The number of aryl methyl sites for hydroxylation is 1. The number of nitrogens with zero attached hydrogens (tertiary/aromatic N) is 4. The molecule has 2 fully saturated rings. The zero-order chi connectivity index (χ0) is 21.1. The minimum absolute atomic E-state index is 0.114. The third-order valence-electron chi connectivity index (χ3n) is 5.17. The second-order valence-corrected chi connectivity index (χ2v) is 7.79. The molecule has 8 nitrogen and oxygen atoms in total. The van der Waals surface area contributed by atoms with Crippen LogP contribution in [0.15, 0.2) is 29.4 Å². The van der Waals surface area contributed by atoms with Crippen LogP contribution in [-0.4, -0.2) is 47.1 Å². The molecule has 2 aliphatic rings. The van der Waals surface area contributed by atoms with Gasteiger partial charge in [0.15, 0.2) is 10.9 Å². The largest absolute Gasteiger partial charge is 0.434 e. The summed E-state index contributed by atoms with van der Waals surface area (Å²) in [5.41, 5.74) is 3.03. The Kier molecular flexibility index (Phi) is 6.03. The predicted octanol–water partition coefficient (Wildman–Crippen LogP) is 4.71. The van der Waals surface area contributed by atoms with Crippen LogP contribution in [0.4, 0.5) is 4.79 Å². The molecule has 4 rings (SSSR count). The number of likely N-dealkylation sites (tertiary alicyclic amines) is 1. The molecule has 30 heavy (non-hydrogen) atoms. The predicted molar refractivity (Wildman–Crippen MR) is 112 cm³/mol. The van der Waals surface area contributed by atoms with Crippen LogP contribution in [0.25, 0.3) is 0 Å². The highest BCUT2D eigenvalue weighted by Crippen LogP contribution is 2.46. The van der Waals surface area contributed by atoms with E-state index in [1.807, 2.05) is 19.1 Å². The topological polar surface area (TPSA) is 86.1 Å². The lowest BCUT2D eigenvalue weighted by atomic mass is 10.1. The fourth-order valence-electron chi connectivity index (χ4n) is 3.44. The summed E-state index contributed by atoms with van der Waals surface area (Å²) >= 11 is 6.00. The Bertz CT molecular complexity index is 967. The van der Waals surface area contributed by atoms with E-state index in [0.717, 1.165) is 35.4 Å². The fourth-order valence-corrected chi connectivity index (χ4v) is 3.58. The zero-order valence-electron chi connectivity index (χ0n) is 16.9. The van der Waals surface area contributed by atoms with Crippen molar-refractivity contribution < 1.29 is 19.1 Å². The second-order valence-electron chi connectivity index (χ2n) is 7.40. The van der Waals surface area contributed by atoms with Crippen LogP contribution in [0.5, 0.6) is 17.4 Å². The Balaban J connectivity index is 1.52. The van der Waals surface area contributed by atoms with E-state index in [2.05, 4.69) is 21.4 Å². The summed E-state index contributed by atoms with van der Waals surface area (Å²) in [5.74, 6) is 1.47. The van der Waals surface area contributed by atoms with Gasteiger partial charge in [-0.1, -0.05) is 35.0 Å². The quantitative estimate of drug-likeness (QED) is 0.639. The molecule has 0 N–H and O–H groups in total. The number of oxime groups is 1. The number of amides is 1. The van der Waals surface area contributed by atoms with Crippen molar-refractivity contribution in [3.05, 3.63) is 40.5 Å². The molecule has 0 unspecified atom stereocenters. The van der Waals surface area contributed by atoms with E-state index in [9.17, 15) is 4.79 Å². The van der Waals surface area contributed by atoms with E-state index < -0.39 is 6.09 Å². The van der Waals surface area contributed by atoms with Crippen LogP contribution in [-0.2, 0) is 4.84 Å². The Labute approximate surface area is 179 Å². The number of piperidine rings is 1. The number of carbonyl (C=O) groups excluding carboxylic acids is 1. The average Bonchev–Trinajstić information content (AvgIpc) is 3.57. The molecule has 0 spiro atoms. The molecule has 1 saturated carbocycles. The maximum absolute atomic E-state index is 12.7. The van der Waals surface area contributed by atoms with Gasteiger partial charge in [-0.3, -0.25) is 0 Å². The number of halogens is 1. The minimum atomic E-state index is -0.493. The first-order valence-electron chi connectivity index (χ1n) is 9.91. The standard InChI is InChI=1S/C21H23ClN4O4/c1-13-4-3-5-16(14-6-7-14)19(13)30-20-17(12-18(22)23-24-20)29-21(27)26-10-8-15(9-11-26)25-28-2/h3-5,12,14H,6-11H2,1-2H3. The Hall–Kier alpha value is -2.87. The molecule has 1 saturated heterocycles. The fraction of sp³-hybridized carbons (Fsp3) is 0.429. The van der Waals surface area contributed by atoms with Crippen molar-refractivity contribution in [3.63, 3.8) is 0 Å². The number of para-hydroxylation sites is 1. The van der Waals surface area contributed by atoms with Crippen LogP contribution in [0, 0.1) is 6.92 Å². The number of hydrogen-bond acceptors (Lipinski definition) is 7. The Morgan fingerprint density at radius 2 is 2.00 bits per heavy atom. The number of aromatic nitrogens is 2. The maximum atomic E-state index is 12.7. The van der Waals surface area contributed by atoms with Crippen LogP contribution >= 0.6 is 11.6 Å². The molecular weight excluding hydrogens is 408 g/mol. The molecule has 1 aromatic heterocycles. The normalized spacial score (nSPS) is 16.2. The Morgan fingerprint density at radius 3 is 2.70 bits per heavy atom. The van der Waals surface area contributed by atoms with Crippen molar-refractivity contribution in [3.8, 4) is 17.4 Å². The SMILES string of the molecule is CON=C1CCN(C(=O)Oc2cc(Cl)nnc2Oc2c(C)cccc2C2CC2)CC1. The van der Waals surface area contributed by atoms with Crippen LogP contribution in [0.1, 0.15) is 42.7 Å². The third-order valence-corrected chi connectivity index (χ3v) is 5.36. The van der Waals surface area contributed by atoms with Crippen molar-refractivity contribution in [1.82, 2.24) is 15.1 Å². The highest BCUT2D eigenvalue weighted by molar-refractivity contribution is 6.29. The molecule has 1 aliphatic carbocycles. The first-order chi connectivity index (χ1) is 14.5. The van der Waals surface area contributed by atoms with Gasteiger partial charge in [0, 0.05) is 32.0 Å². The smallest absolute Gasteiger partial charge is 0.415 e. The van der Waals surface area contributed by atoms with Gasteiger partial charge in [0.05, 0.1) is 5.71 Å². The molecule has 9 heteroatoms. The molecule has 1 aromatic carbocycles. The van der Waals surface area contributed by atoms with E-state index in [0.29, 0.717) is 31.8 Å². The summed E-state index contributed by atoms with van der Waals surface area (Å²) in [5, 5.41) is 12.0. The molecule has 0 bridgehead atoms. The zero-order valence-corrected chi connectivity index (χ0v) is 17.7. The van der Waals surface area contributed by atoms with Crippen LogP contribution in [0.3, 0.4) is 0 Å². The van der Waals surface area contributed by atoms with E-state index in [4.69, 9.17) is 25.9 Å².